The third-order valence-electron chi connectivity index (χ3n) is 4.34. The maximum atomic E-state index is 12.0. The summed E-state index contributed by atoms with van der Waals surface area (Å²) in [5, 5.41) is 2.92. The number of hydrogen-bond donors (Lipinski definition) is 1. The van der Waals surface area contributed by atoms with Gasteiger partial charge in [0.25, 0.3) is 0 Å². The highest BCUT2D eigenvalue weighted by molar-refractivity contribution is 5.98. The van der Waals surface area contributed by atoms with Gasteiger partial charge in [-0.3, -0.25) is 4.79 Å². The summed E-state index contributed by atoms with van der Waals surface area (Å²) < 4.78 is 5.49. The van der Waals surface area contributed by atoms with E-state index in [1.54, 1.807) is 14.2 Å². The van der Waals surface area contributed by atoms with Gasteiger partial charge in [-0.15, -0.1) is 0 Å². The number of rotatable bonds is 5. The average Bonchev–Trinajstić information content (AvgIpc) is 2.47. The Labute approximate surface area is 121 Å². The second kappa shape index (κ2) is 6.89. The Kier molecular flexibility index (Phi) is 5.18. The molecule has 110 valence electrons. The first-order chi connectivity index (χ1) is 9.65. The van der Waals surface area contributed by atoms with Crippen molar-refractivity contribution in [3.63, 3.8) is 0 Å². The van der Waals surface area contributed by atoms with Gasteiger partial charge in [0.15, 0.2) is 5.78 Å². The summed E-state index contributed by atoms with van der Waals surface area (Å²) >= 11 is 0. The van der Waals surface area contributed by atoms with Crippen molar-refractivity contribution in [1.29, 1.82) is 0 Å². The van der Waals surface area contributed by atoms with E-state index >= 15 is 0 Å². The molecule has 0 spiro atoms. The van der Waals surface area contributed by atoms with Crippen LogP contribution in [0, 0.1) is 5.92 Å². The number of methoxy groups -OCH3 is 1. The maximum Gasteiger partial charge on any atom is 0.176 e. The van der Waals surface area contributed by atoms with E-state index in [4.69, 9.17) is 4.74 Å². The van der Waals surface area contributed by atoms with Crippen LogP contribution in [0.5, 0.6) is 5.75 Å². The molecule has 0 amide bonds. The lowest BCUT2D eigenvalue weighted by Gasteiger charge is -2.27. The zero-order valence-electron chi connectivity index (χ0n) is 12.7. The molecule has 0 radical (unpaired) electrons. The highest BCUT2D eigenvalue weighted by atomic mass is 16.5. The highest BCUT2D eigenvalue weighted by Crippen LogP contribution is 2.39. The van der Waals surface area contributed by atoms with Crippen molar-refractivity contribution in [1.82, 2.24) is 5.32 Å². The van der Waals surface area contributed by atoms with E-state index in [0.717, 1.165) is 17.2 Å². The Balaban J connectivity index is 2.24. The summed E-state index contributed by atoms with van der Waals surface area (Å²) in [5.74, 6) is 2.42. The first-order valence-electron chi connectivity index (χ1n) is 7.51. The molecular weight excluding hydrogens is 250 g/mol. The minimum absolute atomic E-state index is 0.139. The fourth-order valence-corrected chi connectivity index (χ4v) is 3.06. The predicted molar refractivity (Wildman–Crippen MR) is 81.6 cm³/mol. The number of ether oxygens (including phenoxy) is 1. The van der Waals surface area contributed by atoms with Crippen LogP contribution in [-0.4, -0.2) is 26.5 Å². The first kappa shape index (κ1) is 15.0. The number of Topliss-reactive ketones (excluding diaryl/α,β-unsaturated/α-hetero) is 1. The summed E-state index contributed by atoms with van der Waals surface area (Å²) in [6, 6.07) is 5.85. The number of carbonyl (C=O) groups is 1. The molecule has 1 saturated carbocycles. The van der Waals surface area contributed by atoms with Crippen molar-refractivity contribution in [2.24, 2.45) is 5.92 Å². The van der Waals surface area contributed by atoms with Gasteiger partial charge in [0, 0.05) is 5.56 Å². The van der Waals surface area contributed by atoms with Crippen LogP contribution < -0.4 is 10.1 Å². The maximum absolute atomic E-state index is 12.0. The molecular formula is C17H25NO2. The Morgan fingerprint density at radius 1 is 1.30 bits per heavy atom. The third kappa shape index (κ3) is 3.40. The lowest BCUT2D eigenvalue weighted by molar-refractivity contribution is 0.0993. The quantitative estimate of drug-likeness (QED) is 0.837. The van der Waals surface area contributed by atoms with Crippen molar-refractivity contribution >= 4 is 5.78 Å². The normalized spacial score (nSPS) is 22.6. The van der Waals surface area contributed by atoms with Crippen LogP contribution >= 0.6 is 0 Å². The molecule has 3 nitrogen and oxygen atoms in total. The predicted octanol–water partition coefficient (Wildman–Crippen LogP) is 3.39. The van der Waals surface area contributed by atoms with Gasteiger partial charge in [-0.05, 0) is 55.5 Å². The van der Waals surface area contributed by atoms with Gasteiger partial charge in [-0.2, -0.15) is 0 Å². The number of hydrogen-bond acceptors (Lipinski definition) is 3. The molecule has 0 unspecified atom stereocenters. The molecule has 1 aromatic rings. The van der Waals surface area contributed by atoms with Gasteiger partial charge in [-0.25, -0.2) is 0 Å². The van der Waals surface area contributed by atoms with E-state index in [9.17, 15) is 4.79 Å². The SMILES string of the molecule is CNCC(=O)c1ccc(OC)c(C2CCC(C)CC2)c1. The Morgan fingerprint density at radius 3 is 2.60 bits per heavy atom. The molecule has 1 aliphatic carbocycles. The van der Waals surface area contributed by atoms with Gasteiger partial charge < -0.3 is 10.1 Å². The molecule has 3 heteroatoms. The van der Waals surface area contributed by atoms with Crippen molar-refractivity contribution in [3.05, 3.63) is 29.3 Å². The number of likely N-dealkylation sites (N-methyl/N-ethyl adjacent to an activating group) is 1. The molecule has 2 rings (SSSR count). The van der Waals surface area contributed by atoms with E-state index in [0.29, 0.717) is 12.5 Å². The minimum Gasteiger partial charge on any atom is -0.496 e. The summed E-state index contributed by atoms with van der Waals surface area (Å²) in [6.45, 7) is 2.70. The van der Waals surface area contributed by atoms with Gasteiger partial charge in [-0.1, -0.05) is 19.8 Å². The fraction of sp³-hybridized carbons (Fsp3) is 0.588. The van der Waals surface area contributed by atoms with Crippen molar-refractivity contribution in [2.75, 3.05) is 20.7 Å². The van der Waals surface area contributed by atoms with Crippen LogP contribution in [0.3, 0.4) is 0 Å². The zero-order valence-corrected chi connectivity index (χ0v) is 12.7. The van der Waals surface area contributed by atoms with Crippen LogP contribution in [0.4, 0.5) is 0 Å². The Bertz CT molecular complexity index is 462. The molecule has 0 aromatic heterocycles. The molecule has 0 aliphatic heterocycles. The summed E-state index contributed by atoms with van der Waals surface area (Å²) in [5.41, 5.74) is 2.00. The van der Waals surface area contributed by atoms with Crippen LogP contribution in [0.15, 0.2) is 18.2 Å². The lowest BCUT2D eigenvalue weighted by atomic mass is 9.78. The van der Waals surface area contributed by atoms with E-state index in [2.05, 4.69) is 12.2 Å². The van der Waals surface area contributed by atoms with Crippen LogP contribution in [-0.2, 0) is 0 Å². The molecule has 1 aromatic carbocycles. The van der Waals surface area contributed by atoms with E-state index in [1.807, 2.05) is 18.2 Å². The van der Waals surface area contributed by atoms with E-state index < -0.39 is 0 Å². The number of carbonyl (C=O) groups excluding carboxylic acids is 1. The van der Waals surface area contributed by atoms with Crippen LogP contribution in [0.2, 0.25) is 0 Å². The summed E-state index contributed by atoms with van der Waals surface area (Å²) in [6.07, 6.45) is 4.92. The summed E-state index contributed by atoms with van der Waals surface area (Å²) in [7, 11) is 3.50. The third-order valence-corrected chi connectivity index (χ3v) is 4.34. The molecule has 20 heavy (non-hydrogen) atoms. The largest absolute Gasteiger partial charge is 0.496 e. The zero-order chi connectivity index (χ0) is 14.5. The molecule has 0 bridgehead atoms. The number of benzene rings is 1. The molecule has 0 heterocycles. The fourth-order valence-electron chi connectivity index (χ4n) is 3.06. The Morgan fingerprint density at radius 2 is 2.00 bits per heavy atom. The smallest absolute Gasteiger partial charge is 0.176 e. The number of nitrogens with one attached hydrogen (secondary N) is 1. The van der Waals surface area contributed by atoms with Crippen LogP contribution in [0.25, 0.3) is 0 Å². The second-order valence-corrected chi connectivity index (χ2v) is 5.87. The van der Waals surface area contributed by atoms with E-state index in [-0.39, 0.29) is 5.78 Å². The average molecular weight is 275 g/mol. The highest BCUT2D eigenvalue weighted by Gasteiger charge is 2.23. The Hall–Kier alpha value is -1.35. The van der Waals surface area contributed by atoms with Crippen molar-refractivity contribution in [2.45, 2.75) is 38.5 Å². The monoisotopic (exact) mass is 275 g/mol. The molecule has 1 fully saturated rings. The first-order valence-corrected chi connectivity index (χ1v) is 7.51. The van der Waals surface area contributed by atoms with Gasteiger partial charge in [0.1, 0.15) is 5.75 Å². The molecule has 0 atom stereocenters. The summed E-state index contributed by atoms with van der Waals surface area (Å²) in [4.78, 5) is 12.0. The molecule has 1 N–H and O–H groups in total. The topological polar surface area (TPSA) is 38.3 Å². The standard InChI is InChI=1S/C17H25NO2/c1-12-4-6-13(7-5-12)15-10-14(16(19)11-18-2)8-9-17(15)20-3/h8-10,12-13,18H,4-7,11H2,1-3H3. The van der Waals surface area contributed by atoms with E-state index in [1.165, 1.54) is 31.2 Å². The van der Waals surface area contributed by atoms with Gasteiger partial charge in [0.2, 0.25) is 0 Å². The lowest BCUT2D eigenvalue weighted by Crippen LogP contribution is -2.19. The molecule has 1 aliphatic rings. The second-order valence-electron chi connectivity index (χ2n) is 5.87. The minimum atomic E-state index is 0.139. The molecule has 0 saturated heterocycles. The van der Waals surface area contributed by atoms with Gasteiger partial charge >= 0.3 is 0 Å². The van der Waals surface area contributed by atoms with Gasteiger partial charge in [0.05, 0.1) is 13.7 Å². The number of ketones is 1. The van der Waals surface area contributed by atoms with Crippen LogP contribution in [0.1, 0.15) is 54.4 Å². The van der Waals surface area contributed by atoms with Crippen molar-refractivity contribution in [3.8, 4) is 5.75 Å². The van der Waals surface area contributed by atoms with Crippen molar-refractivity contribution < 1.29 is 9.53 Å².